The Morgan fingerprint density at radius 2 is 2.17 bits per heavy atom. The van der Waals surface area contributed by atoms with E-state index in [-0.39, 0.29) is 5.28 Å². The zero-order valence-electron chi connectivity index (χ0n) is 10.1. The molecule has 0 aliphatic rings. The van der Waals surface area contributed by atoms with Gasteiger partial charge in [0.05, 0.1) is 11.9 Å². The maximum atomic E-state index is 5.97. The lowest BCUT2D eigenvalue weighted by molar-refractivity contribution is 0.746. The van der Waals surface area contributed by atoms with Crippen molar-refractivity contribution in [3.8, 4) is 0 Å². The summed E-state index contributed by atoms with van der Waals surface area (Å²) in [7, 11) is 1.90. The number of nitrogens with one attached hydrogen (secondary N) is 1. The molecule has 0 atom stereocenters. The van der Waals surface area contributed by atoms with E-state index < -0.39 is 0 Å². The topological polar surface area (TPSA) is 55.6 Å². The van der Waals surface area contributed by atoms with E-state index in [0.717, 1.165) is 17.7 Å². The van der Waals surface area contributed by atoms with Crippen molar-refractivity contribution in [1.82, 2.24) is 19.7 Å². The molecule has 1 N–H and O–H groups in total. The van der Waals surface area contributed by atoms with Crippen molar-refractivity contribution in [2.75, 3.05) is 5.32 Å². The summed E-state index contributed by atoms with van der Waals surface area (Å²) in [5.41, 5.74) is 2.17. The third-order valence-corrected chi connectivity index (χ3v) is 2.95. The monoisotopic (exact) mass is 285 g/mol. The first-order valence-electron chi connectivity index (χ1n) is 5.53. The maximum Gasteiger partial charge on any atom is 0.224 e. The number of aryl methyl sites for hydroxylation is 2. The van der Waals surface area contributed by atoms with Crippen molar-refractivity contribution < 1.29 is 0 Å². The van der Waals surface area contributed by atoms with Gasteiger partial charge in [0.15, 0.2) is 0 Å². The van der Waals surface area contributed by atoms with Gasteiger partial charge in [-0.3, -0.25) is 4.68 Å². The summed E-state index contributed by atoms with van der Waals surface area (Å²) in [6, 6.07) is 0. The van der Waals surface area contributed by atoms with Gasteiger partial charge in [0.25, 0.3) is 0 Å². The quantitative estimate of drug-likeness (QED) is 0.878. The molecule has 7 heteroatoms. The first-order valence-corrected chi connectivity index (χ1v) is 6.29. The fourth-order valence-corrected chi connectivity index (χ4v) is 1.97. The van der Waals surface area contributed by atoms with Crippen LogP contribution in [0.5, 0.6) is 0 Å². The molecule has 18 heavy (non-hydrogen) atoms. The molecule has 2 aromatic heterocycles. The predicted octanol–water partition coefficient (Wildman–Crippen LogP) is 2.69. The standard InChI is InChI=1S/C11H13Cl2N5/c1-3-9-7(6-18(2)17-9)4-14-10-8(12)5-15-11(13)16-10/h5-6H,3-4H2,1-2H3,(H,14,15,16). The zero-order valence-corrected chi connectivity index (χ0v) is 11.6. The molecule has 0 aliphatic carbocycles. The molecule has 0 unspecified atom stereocenters. The van der Waals surface area contributed by atoms with E-state index in [2.05, 4.69) is 27.3 Å². The smallest absolute Gasteiger partial charge is 0.224 e. The highest BCUT2D eigenvalue weighted by molar-refractivity contribution is 6.33. The molecule has 0 aromatic carbocycles. The average Bonchev–Trinajstić information content (AvgIpc) is 2.71. The molecule has 0 saturated heterocycles. The summed E-state index contributed by atoms with van der Waals surface area (Å²) in [6.07, 6.45) is 4.34. The van der Waals surface area contributed by atoms with E-state index in [1.54, 1.807) is 4.68 Å². The summed E-state index contributed by atoms with van der Waals surface area (Å²) in [5, 5.41) is 8.12. The number of nitrogens with zero attached hydrogens (tertiary/aromatic N) is 4. The Morgan fingerprint density at radius 3 is 2.89 bits per heavy atom. The minimum Gasteiger partial charge on any atom is -0.364 e. The van der Waals surface area contributed by atoms with Crippen LogP contribution >= 0.6 is 23.2 Å². The molecule has 2 aromatic rings. The van der Waals surface area contributed by atoms with Gasteiger partial charge in [-0.2, -0.15) is 10.1 Å². The van der Waals surface area contributed by atoms with Crippen LogP contribution in [0.25, 0.3) is 0 Å². The van der Waals surface area contributed by atoms with Gasteiger partial charge >= 0.3 is 0 Å². The Morgan fingerprint density at radius 1 is 1.39 bits per heavy atom. The number of aromatic nitrogens is 4. The second-order valence-corrected chi connectivity index (χ2v) is 4.56. The first-order chi connectivity index (χ1) is 8.60. The van der Waals surface area contributed by atoms with Crippen LogP contribution in [-0.2, 0) is 20.0 Å². The molecule has 0 radical (unpaired) electrons. The molecule has 0 amide bonds. The van der Waals surface area contributed by atoms with Crippen LogP contribution < -0.4 is 5.32 Å². The highest BCUT2D eigenvalue weighted by Gasteiger charge is 2.08. The lowest BCUT2D eigenvalue weighted by Gasteiger charge is -2.06. The number of hydrogen-bond acceptors (Lipinski definition) is 4. The molecule has 96 valence electrons. The number of rotatable bonds is 4. The Kier molecular flexibility index (Phi) is 4.04. The molecule has 0 saturated carbocycles. The maximum absolute atomic E-state index is 5.97. The molecule has 0 bridgehead atoms. The summed E-state index contributed by atoms with van der Waals surface area (Å²) in [4.78, 5) is 7.83. The van der Waals surface area contributed by atoms with Gasteiger partial charge in [-0.15, -0.1) is 0 Å². The van der Waals surface area contributed by atoms with Gasteiger partial charge < -0.3 is 5.32 Å². The highest BCUT2D eigenvalue weighted by Crippen LogP contribution is 2.20. The number of anilines is 1. The minimum atomic E-state index is 0.170. The fourth-order valence-electron chi connectivity index (χ4n) is 1.68. The molecule has 0 aliphatic heterocycles. The normalized spacial score (nSPS) is 10.7. The average molecular weight is 286 g/mol. The largest absolute Gasteiger partial charge is 0.364 e. The van der Waals surface area contributed by atoms with Crippen molar-refractivity contribution in [3.63, 3.8) is 0 Å². The molecule has 0 fully saturated rings. The minimum absolute atomic E-state index is 0.170. The van der Waals surface area contributed by atoms with E-state index in [1.165, 1.54) is 6.20 Å². The second-order valence-electron chi connectivity index (χ2n) is 3.82. The Labute approximate surface area is 115 Å². The Hall–Kier alpha value is -1.33. The Balaban J connectivity index is 2.13. The van der Waals surface area contributed by atoms with Crippen LogP contribution in [-0.4, -0.2) is 19.7 Å². The fraction of sp³-hybridized carbons (Fsp3) is 0.364. The van der Waals surface area contributed by atoms with Crippen molar-refractivity contribution in [1.29, 1.82) is 0 Å². The molecule has 5 nitrogen and oxygen atoms in total. The molecule has 2 rings (SSSR count). The predicted molar refractivity (Wildman–Crippen MR) is 72.0 cm³/mol. The van der Waals surface area contributed by atoms with E-state index >= 15 is 0 Å². The molecule has 2 heterocycles. The summed E-state index contributed by atoms with van der Waals surface area (Å²) in [5.74, 6) is 0.530. The van der Waals surface area contributed by atoms with Crippen LogP contribution in [0.1, 0.15) is 18.2 Å². The van der Waals surface area contributed by atoms with E-state index in [4.69, 9.17) is 23.2 Å². The second kappa shape index (κ2) is 5.54. The lowest BCUT2D eigenvalue weighted by Crippen LogP contribution is -2.04. The molecular formula is C11H13Cl2N5. The number of halogens is 2. The molecule has 0 spiro atoms. The summed E-state index contributed by atoms with van der Waals surface area (Å²) < 4.78 is 1.80. The van der Waals surface area contributed by atoms with Crippen LogP contribution in [0.3, 0.4) is 0 Å². The number of hydrogen-bond donors (Lipinski definition) is 1. The third-order valence-electron chi connectivity index (χ3n) is 2.49. The van der Waals surface area contributed by atoms with Gasteiger partial charge in [-0.05, 0) is 18.0 Å². The van der Waals surface area contributed by atoms with Gasteiger partial charge in [0.2, 0.25) is 5.28 Å². The van der Waals surface area contributed by atoms with Crippen molar-refractivity contribution in [2.45, 2.75) is 19.9 Å². The highest BCUT2D eigenvalue weighted by atomic mass is 35.5. The van der Waals surface area contributed by atoms with Crippen molar-refractivity contribution >= 4 is 29.0 Å². The van der Waals surface area contributed by atoms with Gasteiger partial charge in [-0.25, -0.2) is 4.98 Å². The van der Waals surface area contributed by atoms with Gasteiger partial charge in [0.1, 0.15) is 10.8 Å². The third kappa shape index (κ3) is 2.91. The van der Waals surface area contributed by atoms with Crippen LogP contribution in [0.2, 0.25) is 10.3 Å². The van der Waals surface area contributed by atoms with E-state index in [1.807, 2.05) is 13.2 Å². The van der Waals surface area contributed by atoms with E-state index in [0.29, 0.717) is 17.4 Å². The zero-order chi connectivity index (χ0) is 13.1. The summed E-state index contributed by atoms with van der Waals surface area (Å²) >= 11 is 11.7. The SMILES string of the molecule is CCc1nn(C)cc1CNc1nc(Cl)ncc1Cl. The van der Waals surface area contributed by atoms with Gasteiger partial charge in [0, 0.05) is 25.4 Å². The summed E-state index contributed by atoms with van der Waals surface area (Å²) in [6.45, 7) is 2.67. The van der Waals surface area contributed by atoms with Crippen molar-refractivity contribution in [2.24, 2.45) is 7.05 Å². The van der Waals surface area contributed by atoms with Gasteiger partial charge in [-0.1, -0.05) is 18.5 Å². The van der Waals surface area contributed by atoms with E-state index in [9.17, 15) is 0 Å². The van der Waals surface area contributed by atoms with Crippen LogP contribution in [0.4, 0.5) is 5.82 Å². The lowest BCUT2D eigenvalue weighted by atomic mass is 10.2. The van der Waals surface area contributed by atoms with Crippen LogP contribution in [0.15, 0.2) is 12.4 Å². The first kappa shape index (κ1) is 13.1. The van der Waals surface area contributed by atoms with Crippen LogP contribution in [0, 0.1) is 0 Å². The molecular weight excluding hydrogens is 273 g/mol. The van der Waals surface area contributed by atoms with Crippen molar-refractivity contribution in [3.05, 3.63) is 34.0 Å². The Bertz CT molecular complexity index is 552.